The highest BCUT2D eigenvalue weighted by molar-refractivity contribution is 5.41. The number of ether oxygens (including phenoxy) is 1. The van der Waals surface area contributed by atoms with Crippen molar-refractivity contribution >= 4 is 5.82 Å². The van der Waals surface area contributed by atoms with Crippen LogP contribution in [0.5, 0.6) is 0 Å². The molecule has 23 heavy (non-hydrogen) atoms. The molecule has 0 bridgehead atoms. The quantitative estimate of drug-likeness (QED) is 0.939. The number of methoxy groups -OCH3 is 1. The normalized spacial score (nSPS) is 18.4. The number of hydrogen-bond acceptors (Lipinski definition) is 5. The summed E-state index contributed by atoms with van der Waals surface area (Å²) in [6.07, 6.45) is 2.31. The van der Waals surface area contributed by atoms with Crippen molar-refractivity contribution in [2.24, 2.45) is 0 Å². The molecule has 124 valence electrons. The van der Waals surface area contributed by atoms with Gasteiger partial charge >= 0.3 is 0 Å². The lowest BCUT2D eigenvalue weighted by Gasteiger charge is -2.33. The van der Waals surface area contributed by atoms with Gasteiger partial charge in [0.2, 0.25) is 0 Å². The van der Waals surface area contributed by atoms with E-state index < -0.39 is 0 Å². The number of aromatic nitrogens is 4. The summed E-state index contributed by atoms with van der Waals surface area (Å²) < 4.78 is 5.17. The Balaban J connectivity index is 1.80. The molecule has 1 aliphatic rings. The van der Waals surface area contributed by atoms with Gasteiger partial charge in [0.05, 0.1) is 5.69 Å². The lowest BCUT2D eigenvalue weighted by atomic mass is 9.97. The molecule has 2 aromatic heterocycles. The molecule has 0 spiro atoms. The van der Waals surface area contributed by atoms with Crippen LogP contribution in [0.25, 0.3) is 0 Å². The summed E-state index contributed by atoms with van der Waals surface area (Å²) in [5.41, 5.74) is 3.24. The molecule has 2 aromatic rings. The average Bonchev–Trinajstić information content (AvgIpc) is 2.87. The second-order valence-electron chi connectivity index (χ2n) is 6.33. The molecule has 1 N–H and O–H groups in total. The predicted molar refractivity (Wildman–Crippen MR) is 89.7 cm³/mol. The molecular formula is C17H25N5O. The van der Waals surface area contributed by atoms with Crippen LogP contribution in [-0.4, -0.2) is 40.1 Å². The second-order valence-corrected chi connectivity index (χ2v) is 6.33. The Morgan fingerprint density at radius 3 is 2.78 bits per heavy atom. The molecule has 0 aliphatic carbocycles. The van der Waals surface area contributed by atoms with Gasteiger partial charge in [0.15, 0.2) is 5.82 Å². The van der Waals surface area contributed by atoms with Crippen LogP contribution in [0.2, 0.25) is 0 Å². The molecule has 1 atom stereocenters. The largest absolute Gasteiger partial charge is 0.377 e. The van der Waals surface area contributed by atoms with Crippen molar-refractivity contribution < 1.29 is 4.74 Å². The number of imidazole rings is 1. The molecule has 0 radical (unpaired) electrons. The molecule has 0 saturated carbocycles. The number of aromatic amines is 1. The Morgan fingerprint density at radius 1 is 1.26 bits per heavy atom. The van der Waals surface area contributed by atoms with E-state index in [0.29, 0.717) is 12.5 Å². The summed E-state index contributed by atoms with van der Waals surface area (Å²) in [6, 6.07) is 2.06. The summed E-state index contributed by atoms with van der Waals surface area (Å²) in [6.45, 7) is 8.55. The van der Waals surface area contributed by atoms with Gasteiger partial charge in [0, 0.05) is 43.6 Å². The monoisotopic (exact) mass is 315 g/mol. The van der Waals surface area contributed by atoms with Crippen molar-refractivity contribution in [3.8, 4) is 0 Å². The zero-order chi connectivity index (χ0) is 16.4. The third-order valence-electron chi connectivity index (χ3n) is 4.44. The molecule has 3 rings (SSSR count). The molecule has 3 heterocycles. The molecule has 0 amide bonds. The van der Waals surface area contributed by atoms with Crippen LogP contribution in [0.15, 0.2) is 6.07 Å². The Bertz CT molecular complexity index is 662. The number of piperidine rings is 1. The fraction of sp³-hybridized carbons (Fsp3) is 0.588. The maximum atomic E-state index is 5.17. The second kappa shape index (κ2) is 6.66. The van der Waals surface area contributed by atoms with E-state index in [-0.39, 0.29) is 0 Å². The first-order valence-corrected chi connectivity index (χ1v) is 8.18. The number of nitrogens with one attached hydrogen (secondary N) is 1. The first-order chi connectivity index (χ1) is 11.1. The molecular weight excluding hydrogens is 290 g/mol. The van der Waals surface area contributed by atoms with E-state index in [2.05, 4.69) is 39.8 Å². The molecule has 1 fully saturated rings. The highest BCUT2D eigenvalue weighted by Gasteiger charge is 2.25. The fourth-order valence-electron chi connectivity index (χ4n) is 3.14. The van der Waals surface area contributed by atoms with Crippen molar-refractivity contribution in [3.63, 3.8) is 0 Å². The third kappa shape index (κ3) is 3.52. The summed E-state index contributed by atoms with van der Waals surface area (Å²) in [5.74, 6) is 3.27. The Hall–Kier alpha value is -1.95. The van der Waals surface area contributed by atoms with Gasteiger partial charge in [-0.25, -0.2) is 15.0 Å². The van der Waals surface area contributed by atoms with E-state index in [1.165, 1.54) is 0 Å². The van der Waals surface area contributed by atoms with Gasteiger partial charge < -0.3 is 14.6 Å². The molecule has 1 unspecified atom stereocenters. The van der Waals surface area contributed by atoms with Gasteiger partial charge in [-0.2, -0.15) is 0 Å². The van der Waals surface area contributed by atoms with E-state index in [0.717, 1.165) is 60.5 Å². The minimum absolute atomic E-state index is 0.428. The van der Waals surface area contributed by atoms with Gasteiger partial charge in [0.1, 0.15) is 18.2 Å². The molecule has 6 heteroatoms. The number of hydrogen-bond donors (Lipinski definition) is 1. The lowest BCUT2D eigenvalue weighted by Crippen LogP contribution is -2.35. The van der Waals surface area contributed by atoms with Crippen molar-refractivity contribution in [3.05, 3.63) is 34.8 Å². The standard InChI is InChI=1S/C17H25N5O/c1-11-8-16(21-15(18-11)10-23-4)22-7-5-6-14(9-22)17-19-12(2)13(3)20-17/h8,14H,5-7,9-10H2,1-4H3,(H,19,20). The smallest absolute Gasteiger partial charge is 0.156 e. The first-order valence-electron chi connectivity index (χ1n) is 8.18. The zero-order valence-electron chi connectivity index (χ0n) is 14.4. The van der Waals surface area contributed by atoms with Crippen molar-refractivity contribution in [2.75, 3.05) is 25.1 Å². The number of anilines is 1. The summed E-state index contributed by atoms with van der Waals surface area (Å²) in [7, 11) is 1.67. The molecule has 6 nitrogen and oxygen atoms in total. The van der Waals surface area contributed by atoms with E-state index in [1.54, 1.807) is 7.11 Å². The van der Waals surface area contributed by atoms with Crippen molar-refractivity contribution in [1.82, 2.24) is 19.9 Å². The fourth-order valence-corrected chi connectivity index (χ4v) is 3.14. The Labute approximate surface area is 137 Å². The first kappa shape index (κ1) is 15.9. The molecule has 1 aliphatic heterocycles. The molecule has 1 saturated heterocycles. The van der Waals surface area contributed by atoms with Gasteiger partial charge in [-0.1, -0.05) is 0 Å². The number of H-pyrrole nitrogens is 1. The lowest BCUT2D eigenvalue weighted by molar-refractivity contribution is 0.177. The van der Waals surface area contributed by atoms with Crippen LogP contribution in [0, 0.1) is 20.8 Å². The minimum Gasteiger partial charge on any atom is -0.377 e. The van der Waals surface area contributed by atoms with E-state index >= 15 is 0 Å². The van der Waals surface area contributed by atoms with Crippen LogP contribution >= 0.6 is 0 Å². The predicted octanol–water partition coefficient (Wildman–Crippen LogP) is 2.66. The number of nitrogens with zero attached hydrogens (tertiary/aromatic N) is 4. The summed E-state index contributed by atoms with van der Waals surface area (Å²) in [4.78, 5) is 19.6. The topological polar surface area (TPSA) is 66.9 Å². The van der Waals surface area contributed by atoms with Crippen LogP contribution in [0.3, 0.4) is 0 Å². The zero-order valence-corrected chi connectivity index (χ0v) is 14.4. The Morgan fingerprint density at radius 2 is 2.09 bits per heavy atom. The van der Waals surface area contributed by atoms with E-state index in [4.69, 9.17) is 9.72 Å². The van der Waals surface area contributed by atoms with Gasteiger partial charge in [-0.05, 0) is 33.6 Å². The highest BCUT2D eigenvalue weighted by atomic mass is 16.5. The van der Waals surface area contributed by atoms with E-state index in [9.17, 15) is 0 Å². The number of aryl methyl sites for hydroxylation is 3. The Kier molecular flexibility index (Phi) is 4.61. The average molecular weight is 315 g/mol. The van der Waals surface area contributed by atoms with Gasteiger partial charge in [-0.3, -0.25) is 0 Å². The summed E-state index contributed by atoms with van der Waals surface area (Å²) in [5, 5.41) is 0. The van der Waals surface area contributed by atoms with Gasteiger partial charge in [0.25, 0.3) is 0 Å². The van der Waals surface area contributed by atoms with Crippen LogP contribution in [-0.2, 0) is 11.3 Å². The van der Waals surface area contributed by atoms with Crippen LogP contribution < -0.4 is 4.90 Å². The molecule has 0 aromatic carbocycles. The van der Waals surface area contributed by atoms with Crippen molar-refractivity contribution in [1.29, 1.82) is 0 Å². The van der Waals surface area contributed by atoms with Gasteiger partial charge in [-0.15, -0.1) is 0 Å². The van der Waals surface area contributed by atoms with Crippen LogP contribution in [0.4, 0.5) is 5.82 Å². The van der Waals surface area contributed by atoms with Crippen LogP contribution in [0.1, 0.15) is 47.5 Å². The maximum absolute atomic E-state index is 5.17. The highest BCUT2D eigenvalue weighted by Crippen LogP contribution is 2.28. The minimum atomic E-state index is 0.428. The summed E-state index contributed by atoms with van der Waals surface area (Å²) >= 11 is 0. The third-order valence-corrected chi connectivity index (χ3v) is 4.44. The maximum Gasteiger partial charge on any atom is 0.156 e. The van der Waals surface area contributed by atoms with E-state index in [1.807, 2.05) is 6.92 Å². The SMILES string of the molecule is COCc1nc(C)cc(N2CCCC(c3nc(C)c(C)[nH]3)C2)n1. The van der Waals surface area contributed by atoms with Crippen molar-refractivity contribution in [2.45, 2.75) is 46.1 Å². The number of rotatable bonds is 4.